The molecule has 33 heavy (non-hydrogen) atoms. The maximum absolute atomic E-state index is 12.9. The molecule has 2 aromatic carbocycles. The fraction of sp³-hybridized carbons (Fsp3) is 0.333. The lowest BCUT2D eigenvalue weighted by Crippen LogP contribution is -2.32. The van der Waals surface area contributed by atoms with Crippen LogP contribution in [0.4, 0.5) is 5.69 Å². The van der Waals surface area contributed by atoms with E-state index in [0.717, 1.165) is 6.07 Å². The zero-order chi connectivity index (χ0) is 24.1. The molecule has 1 atom stereocenters. The first kappa shape index (κ1) is 23.9. The van der Waals surface area contributed by atoms with Crippen molar-refractivity contribution in [3.05, 3.63) is 75.3 Å². The predicted octanol–water partition coefficient (Wildman–Crippen LogP) is 3.70. The van der Waals surface area contributed by atoms with Crippen LogP contribution in [0.3, 0.4) is 0 Å². The van der Waals surface area contributed by atoms with Crippen molar-refractivity contribution >= 4 is 23.1 Å². The lowest BCUT2D eigenvalue weighted by molar-refractivity contribution is -0.384. The van der Waals surface area contributed by atoms with E-state index >= 15 is 0 Å². The maximum Gasteiger partial charge on any atom is 0.295 e. The molecule has 9 nitrogen and oxygen atoms in total. The number of methoxy groups -OCH3 is 1. The number of aliphatic hydroxyl groups excluding tert-OH is 1. The zero-order valence-corrected chi connectivity index (χ0v) is 18.7. The highest BCUT2D eigenvalue weighted by Gasteiger charge is 2.45. The Labute approximate surface area is 191 Å². The number of non-ortho nitro benzene ring substituents is 1. The molecule has 174 valence electrons. The molecule has 2 aromatic rings. The molecule has 1 fully saturated rings. The van der Waals surface area contributed by atoms with Crippen molar-refractivity contribution in [3.8, 4) is 5.75 Å². The molecule has 1 amide bonds. The van der Waals surface area contributed by atoms with Crippen LogP contribution < -0.4 is 4.74 Å². The number of hydrogen-bond donors (Lipinski definition) is 1. The van der Waals surface area contributed by atoms with Gasteiger partial charge in [-0.3, -0.25) is 19.7 Å². The van der Waals surface area contributed by atoms with E-state index in [4.69, 9.17) is 9.47 Å². The molecule has 1 saturated heterocycles. The Kier molecular flexibility index (Phi) is 7.44. The second-order valence-electron chi connectivity index (χ2n) is 8.07. The minimum Gasteiger partial charge on any atom is -0.507 e. The van der Waals surface area contributed by atoms with E-state index in [1.54, 1.807) is 24.3 Å². The molecule has 0 aromatic heterocycles. The number of benzene rings is 2. The van der Waals surface area contributed by atoms with E-state index in [-0.39, 0.29) is 30.0 Å². The topological polar surface area (TPSA) is 119 Å². The van der Waals surface area contributed by atoms with Gasteiger partial charge < -0.3 is 19.5 Å². The monoisotopic (exact) mass is 454 g/mol. The van der Waals surface area contributed by atoms with Gasteiger partial charge in [0.15, 0.2) is 0 Å². The SMILES string of the molecule is COCCN1C(=O)C(=O)/C(=C(\O)c2cccc([N+](=O)[O-])c2)C1c1ccc(OCC(C)C)cc1. The van der Waals surface area contributed by atoms with Crippen LogP contribution in [0.25, 0.3) is 5.76 Å². The van der Waals surface area contributed by atoms with Gasteiger partial charge in [-0.1, -0.05) is 38.1 Å². The third kappa shape index (κ3) is 5.20. The van der Waals surface area contributed by atoms with Crippen LogP contribution in [-0.4, -0.2) is 53.5 Å². The van der Waals surface area contributed by atoms with Gasteiger partial charge in [-0.2, -0.15) is 0 Å². The van der Waals surface area contributed by atoms with Crippen LogP contribution in [0.5, 0.6) is 5.75 Å². The van der Waals surface area contributed by atoms with Crippen LogP contribution in [0.2, 0.25) is 0 Å². The number of ether oxygens (including phenoxy) is 2. The van der Waals surface area contributed by atoms with Crippen LogP contribution >= 0.6 is 0 Å². The Morgan fingerprint density at radius 1 is 1.18 bits per heavy atom. The zero-order valence-electron chi connectivity index (χ0n) is 18.7. The molecule has 1 aliphatic heterocycles. The highest BCUT2D eigenvalue weighted by molar-refractivity contribution is 6.46. The summed E-state index contributed by atoms with van der Waals surface area (Å²) in [5.41, 5.74) is 0.299. The third-order valence-electron chi connectivity index (χ3n) is 5.19. The quantitative estimate of drug-likeness (QED) is 0.202. The molecule has 0 spiro atoms. The van der Waals surface area contributed by atoms with Gasteiger partial charge in [0.05, 0.1) is 29.8 Å². The Balaban J connectivity index is 2.07. The van der Waals surface area contributed by atoms with E-state index in [1.807, 2.05) is 13.8 Å². The summed E-state index contributed by atoms with van der Waals surface area (Å²) in [6, 6.07) is 11.4. The smallest absolute Gasteiger partial charge is 0.295 e. The van der Waals surface area contributed by atoms with Crippen LogP contribution in [0.1, 0.15) is 31.0 Å². The molecule has 0 saturated carbocycles. The average molecular weight is 454 g/mol. The fourth-order valence-corrected chi connectivity index (χ4v) is 3.58. The van der Waals surface area contributed by atoms with E-state index in [0.29, 0.717) is 23.8 Å². The summed E-state index contributed by atoms with van der Waals surface area (Å²) in [4.78, 5) is 37.6. The molecule has 3 rings (SSSR count). The van der Waals surface area contributed by atoms with Crippen molar-refractivity contribution in [1.82, 2.24) is 4.90 Å². The molecule has 1 heterocycles. The second-order valence-corrected chi connectivity index (χ2v) is 8.07. The summed E-state index contributed by atoms with van der Waals surface area (Å²) in [7, 11) is 1.48. The molecular formula is C24H26N2O7. The largest absolute Gasteiger partial charge is 0.507 e. The van der Waals surface area contributed by atoms with E-state index in [2.05, 4.69) is 0 Å². The number of likely N-dealkylation sites (tertiary alicyclic amines) is 1. The van der Waals surface area contributed by atoms with Crippen LogP contribution in [-0.2, 0) is 14.3 Å². The summed E-state index contributed by atoms with van der Waals surface area (Å²) in [5.74, 6) is -1.12. The number of amides is 1. The van der Waals surface area contributed by atoms with Gasteiger partial charge in [-0.15, -0.1) is 0 Å². The third-order valence-corrected chi connectivity index (χ3v) is 5.19. The maximum atomic E-state index is 12.9. The number of hydrogen-bond acceptors (Lipinski definition) is 7. The van der Waals surface area contributed by atoms with Gasteiger partial charge in [0.2, 0.25) is 0 Å². The van der Waals surface area contributed by atoms with Crippen LogP contribution in [0, 0.1) is 16.0 Å². The van der Waals surface area contributed by atoms with E-state index < -0.39 is 28.4 Å². The molecule has 0 aliphatic carbocycles. The molecule has 9 heteroatoms. The summed E-state index contributed by atoms with van der Waals surface area (Å²) in [6.45, 7) is 4.93. The van der Waals surface area contributed by atoms with Crippen molar-refractivity contribution in [3.63, 3.8) is 0 Å². The van der Waals surface area contributed by atoms with Gasteiger partial charge in [-0.05, 0) is 23.6 Å². The van der Waals surface area contributed by atoms with Crippen molar-refractivity contribution in [1.29, 1.82) is 0 Å². The number of carbonyl (C=O) groups is 2. The number of ketones is 1. The average Bonchev–Trinajstić information content (AvgIpc) is 3.06. The van der Waals surface area contributed by atoms with Crippen LogP contribution in [0.15, 0.2) is 54.1 Å². The molecule has 0 bridgehead atoms. The number of Topliss-reactive ketones (excluding diaryl/α,β-unsaturated/α-hetero) is 1. The minimum atomic E-state index is -0.876. The number of nitro benzene ring substituents is 1. The van der Waals surface area contributed by atoms with Crippen molar-refractivity contribution in [2.24, 2.45) is 5.92 Å². The normalized spacial score (nSPS) is 17.6. The lowest BCUT2D eigenvalue weighted by atomic mass is 9.95. The van der Waals surface area contributed by atoms with Gasteiger partial charge in [0, 0.05) is 31.4 Å². The first-order chi connectivity index (χ1) is 15.7. The van der Waals surface area contributed by atoms with Gasteiger partial charge >= 0.3 is 0 Å². The number of rotatable bonds is 9. The summed E-state index contributed by atoms with van der Waals surface area (Å²) in [6.07, 6.45) is 0. The molecule has 1 N–H and O–H groups in total. The second kappa shape index (κ2) is 10.3. The summed E-state index contributed by atoms with van der Waals surface area (Å²) >= 11 is 0. The summed E-state index contributed by atoms with van der Waals surface area (Å²) in [5, 5.41) is 22.1. The highest BCUT2D eigenvalue weighted by atomic mass is 16.6. The number of aliphatic hydroxyl groups is 1. The minimum absolute atomic E-state index is 0.0795. The standard InChI is InChI=1S/C24H26N2O7/c1-15(2)14-33-19-9-7-16(8-10-19)21-20(23(28)24(29)25(21)11-12-32-3)22(27)17-5-4-6-18(13-17)26(30)31/h4-10,13,15,21,27H,11-12,14H2,1-3H3/b22-20-. The van der Waals surface area contributed by atoms with Gasteiger partial charge in [0.25, 0.3) is 17.4 Å². The van der Waals surface area contributed by atoms with Crippen molar-refractivity contribution < 1.29 is 29.1 Å². The highest BCUT2D eigenvalue weighted by Crippen LogP contribution is 2.40. The Morgan fingerprint density at radius 2 is 1.88 bits per heavy atom. The molecule has 0 radical (unpaired) electrons. The molecule has 1 unspecified atom stereocenters. The number of nitro groups is 1. The van der Waals surface area contributed by atoms with Crippen molar-refractivity contribution in [2.45, 2.75) is 19.9 Å². The lowest BCUT2D eigenvalue weighted by Gasteiger charge is -2.25. The summed E-state index contributed by atoms with van der Waals surface area (Å²) < 4.78 is 10.8. The van der Waals surface area contributed by atoms with Crippen molar-refractivity contribution in [2.75, 3.05) is 26.9 Å². The Hall–Kier alpha value is -3.72. The Bertz CT molecular complexity index is 1080. The predicted molar refractivity (Wildman–Crippen MR) is 121 cm³/mol. The number of nitrogens with zero attached hydrogens (tertiary/aromatic N) is 2. The Morgan fingerprint density at radius 3 is 2.48 bits per heavy atom. The molecule has 1 aliphatic rings. The van der Waals surface area contributed by atoms with Gasteiger partial charge in [0.1, 0.15) is 11.5 Å². The fourth-order valence-electron chi connectivity index (χ4n) is 3.58. The van der Waals surface area contributed by atoms with Gasteiger partial charge in [-0.25, -0.2) is 0 Å². The first-order valence-corrected chi connectivity index (χ1v) is 10.5. The molecular weight excluding hydrogens is 428 g/mol. The van der Waals surface area contributed by atoms with E-state index in [9.17, 15) is 24.8 Å². The number of carbonyl (C=O) groups excluding carboxylic acids is 2. The first-order valence-electron chi connectivity index (χ1n) is 10.5. The van der Waals surface area contributed by atoms with E-state index in [1.165, 1.54) is 30.2 Å².